The molecule has 0 amide bonds. The van der Waals surface area contributed by atoms with E-state index in [1.54, 1.807) is 18.2 Å². The molecule has 0 atom stereocenters. The van der Waals surface area contributed by atoms with Crippen LogP contribution in [0, 0.1) is 5.92 Å². The Bertz CT molecular complexity index is 755. The van der Waals surface area contributed by atoms with Crippen molar-refractivity contribution in [2.75, 3.05) is 0 Å². The lowest BCUT2D eigenvalue weighted by molar-refractivity contribution is -0.0494. The van der Waals surface area contributed by atoms with Crippen molar-refractivity contribution in [1.82, 2.24) is 15.0 Å². The highest BCUT2D eigenvalue weighted by atomic mass is 19.3. The summed E-state index contributed by atoms with van der Waals surface area (Å²) in [5, 5.41) is 4.01. The summed E-state index contributed by atoms with van der Waals surface area (Å²) in [7, 11) is 0. The Morgan fingerprint density at radius 1 is 1.11 bits per heavy atom. The van der Waals surface area contributed by atoms with Gasteiger partial charge in [0.05, 0.1) is 12.1 Å². The van der Waals surface area contributed by atoms with Gasteiger partial charge in [0.15, 0.2) is 0 Å². The quantitative estimate of drug-likeness (QED) is 0.688. The molecule has 0 spiro atoms. The van der Waals surface area contributed by atoms with Gasteiger partial charge in [0.1, 0.15) is 5.75 Å². The fourth-order valence-electron chi connectivity index (χ4n) is 3.97. The topological polar surface area (TPSA) is 51.4 Å². The van der Waals surface area contributed by atoms with Gasteiger partial charge in [-0.15, -0.1) is 0 Å². The monoisotopic (exact) mass is 377 g/mol. The molecule has 1 aromatic heterocycles. The van der Waals surface area contributed by atoms with Crippen LogP contribution in [0.25, 0.3) is 11.4 Å². The first-order chi connectivity index (χ1) is 13.1. The van der Waals surface area contributed by atoms with Gasteiger partial charge in [0.25, 0.3) is 0 Å². The summed E-state index contributed by atoms with van der Waals surface area (Å²) in [6, 6.07) is 7.70. The number of benzene rings is 1. The number of hydrogen-bond donors (Lipinski definition) is 0. The molecule has 5 nitrogen and oxygen atoms in total. The van der Waals surface area contributed by atoms with Crippen molar-refractivity contribution in [3.05, 3.63) is 30.2 Å². The fraction of sp³-hybridized carbons (Fsp3) is 0.600. The molecule has 1 heterocycles. The highest BCUT2D eigenvalue weighted by Gasteiger charge is 2.36. The highest BCUT2D eigenvalue weighted by molar-refractivity contribution is 5.63. The van der Waals surface area contributed by atoms with Crippen molar-refractivity contribution >= 4 is 0 Å². The third kappa shape index (κ3) is 4.46. The van der Waals surface area contributed by atoms with E-state index in [4.69, 9.17) is 4.52 Å². The normalized spacial score (nSPS) is 23.1. The molecule has 146 valence electrons. The molecule has 0 unspecified atom stereocenters. The van der Waals surface area contributed by atoms with Crippen LogP contribution in [0.4, 0.5) is 8.78 Å². The van der Waals surface area contributed by atoms with E-state index in [2.05, 4.69) is 26.7 Å². The number of aromatic nitrogens is 2. The second kappa shape index (κ2) is 7.92. The molecule has 2 aliphatic rings. The summed E-state index contributed by atoms with van der Waals surface area (Å²) in [4.78, 5) is 6.97. The van der Waals surface area contributed by atoms with Gasteiger partial charge in [-0.2, -0.15) is 13.8 Å². The lowest BCUT2D eigenvalue weighted by atomic mass is 9.86. The van der Waals surface area contributed by atoms with Crippen molar-refractivity contribution in [3.63, 3.8) is 0 Å². The van der Waals surface area contributed by atoms with Crippen LogP contribution in [0.1, 0.15) is 51.3 Å². The summed E-state index contributed by atoms with van der Waals surface area (Å²) in [6.45, 7) is 0.0479. The molecule has 1 aromatic carbocycles. The minimum atomic E-state index is -2.89. The van der Waals surface area contributed by atoms with Gasteiger partial charge in [-0.05, 0) is 56.6 Å². The van der Waals surface area contributed by atoms with Crippen LogP contribution in [0.3, 0.4) is 0 Å². The number of halogens is 2. The Kier molecular flexibility index (Phi) is 5.38. The summed E-state index contributed by atoms with van der Waals surface area (Å²) >= 11 is 0. The maximum atomic E-state index is 12.6. The second-order valence-corrected chi connectivity index (χ2v) is 7.70. The zero-order valence-electron chi connectivity index (χ0n) is 15.5. The molecule has 0 radical (unpaired) electrons. The van der Waals surface area contributed by atoms with Gasteiger partial charge in [-0.3, -0.25) is 4.90 Å². The number of hydrogen-bond acceptors (Lipinski definition) is 5. The summed E-state index contributed by atoms with van der Waals surface area (Å²) in [5.41, 5.74) is 0.414. The summed E-state index contributed by atoms with van der Waals surface area (Å²) < 4.78 is 35.3. The summed E-state index contributed by atoms with van der Waals surface area (Å²) in [6.07, 6.45) is 7.40. The van der Waals surface area contributed by atoms with Crippen LogP contribution < -0.4 is 4.74 Å². The molecule has 2 fully saturated rings. The van der Waals surface area contributed by atoms with Crippen molar-refractivity contribution < 1.29 is 18.0 Å². The first-order valence-electron chi connectivity index (χ1n) is 9.72. The number of alkyl halides is 2. The maximum Gasteiger partial charge on any atom is 0.387 e. The Morgan fingerprint density at radius 2 is 1.78 bits per heavy atom. The molecular weight excluding hydrogens is 352 g/mol. The van der Waals surface area contributed by atoms with Crippen molar-refractivity contribution in [2.24, 2.45) is 5.92 Å². The lowest BCUT2D eigenvalue weighted by Gasteiger charge is -2.35. The van der Waals surface area contributed by atoms with Gasteiger partial charge in [-0.1, -0.05) is 24.2 Å². The van der Waals surface area contributed by atoms with Crippen LogP contribution >= 0.6 is 0 Å². The Balaban J connectivity index is 1.49. The Hall–Kier alpha value is -2.02. The first-order valence-corrected chi connectivity index (χ1v) is 9.72. The molecule has 0 bridgehead atoms. The first kappa shape index (κ1) is 18.3. The number of nitrogens with zero attached hydrogens (tertiary/aromatic N) is 3. The average molecular weight is 377 g/mol. The second-order valence-electron chi connectivity index (χ2n) is 7.70. The van der Waals surface area contributed by atoms with E-state index in [0.717, 1.165) is 5.92 Å². The molecule has 0 aliphatic heterocycles. The molecule has 2 aromatic rings. The van der Waals surface area contributed by atoms with Crippen LogP contribution in [0.2, 0.25) is 0 Å². The lowest BCUT2D eigenvalue weighted by Crippen LogP contribution is -2.39. The zero-order chi connectivity index (χ0) is 18.8. The predicted molar refractivity (Wildman–Crippen MR) is 96.4 cm³/mol. The van der Waals surface area contributed by atoms with Crippen molar-refractivity contribution in [2.45, 2.75) is 70.7 Å². The molecule has 0 saturated heterocycles. The number of para-hydroxylation sites is 1. The molecule has 2 aliphatic carbocycles. The smallest absolute Gasteiger partial charge is 0.387 e. The number of ether oxygens (including phenoxy) is 1. The molecule has 7 heteroatoms. The average Bonchev–Trinajstić information content (AvgIpc) is 3.39. The van der Waals surface area contributed by atoms with Gasteiger partial charge in [0.2, 0.25) is 11.7 Å². The van der Waals surface area contributed by atoms with E-state index in [0.29, 0.717) is 30.1 Å². The maximum absolute atomic E-state index is 12.6. The standard InChI is InChI=1S/C20H25F2N3O2/c1-13-6-8-14(9-7-13)25(15-10-11-15)12-18-23-19(24-27-18)16-4-2-3-5-17(16)26-20(21)22/h2-5,13-15,20H,6-12H2,1H3. The van der Waals surface area contributed by atoms with Gasteiger partial charge < -0.3 is 9.26 Å². The Morgan fingerprint density at radius 3 is 2.44 bits per heavy atom. The predicted octanol–water partition coefficient (Wildman–Crippen LogP) is 4.88. The zero-order valence-corrected chi connectivity index (χ0v) is 15.5. The van der Waals surface area contributed by atoms with Crippen molar-refractivity contribution in [1.29, 1.82) is 0 Å². The third-order valence-electron chi connectivity index (χ3n) is 5.60. The summed E-state index contributed by atoms with van der Waals surface area (Å²) in [5.74, 6) is 1.68. The SMILES string of the molecule is CC1CCC(N(Cc2nc(-c3ccccc3OC(F)F)no2)C2CC2)CC1. The van der Waals surface area contributed by atoms with E-state index in [1.165, 1.54) is 44.6 Å². The molecule has 2 saturated carbocycles. The van der Waals surface area contributed by atoms with E-state index in [-0.39, 0.29) is 11.6 Å². The highest BCUT2D eigenvalue weighted by Crippen LogP contribution is 2.36. The fourth-order valence-corrected chi connectivity index (χ4v) is 3.97. The minimum absolute atomic E-state index is 0.0557. The van der Waals surface area contributed by atoms with Crippen LogP contribution in [0.15, 0.2) is 28.8 Å². The largest absolute Gasteiger partial charge is 0.434 e. The van der Waals surface area contributed by atoms with E-state index >= 15 is 0 Å². The van der Waals surface area contributed by atoms with Crippen molar-refractivity contribution in [3.8, 4) is 17.1 Å². The molecule has 27 heavy (non-hydrogen) atoms. The van der Waals surface area contributed by atoms with Gasteiger partial charge in [0, 0.05) is 12.1 Å². The van der Waals surface area contributed by atoms with Gasteiger partial charge >= 0.3 is 6.61 Å². The Labute approximate surface area is 157 Å². The van der Waals surface area contributed by atoms with E-state index in [9.17, 15) is 8.78 Å². The van der Waals surface area contributed by atoms with Crippen LogP contribution in [-0.4, -0.2) is 33.7 Å². The molecule has 0 N–H and O–H groups in total. The van der Waals surface area contributed by atoms with Gasteiger partial charge in [-0.25, -0.2) is 0 Å². The molecule has 4 rings (SSSR count). The van der Waals surface area contributed by atoms with E-state index < -0.39 is 6.61 Å². The van der Waals surface area contributed by atoms with Crippen LogP contribution in [-0.2, 0) is 6.54 Å². The van der Waals surface area contributed by atoms with Crippen LogP contribution in [0.5, 0.6) is 5.75 Å². The molecular formula is C20H25F2N3O2. The number of rotatable bonds is 7. The third-order valence-corrected chi connectivity index (χ3v) is 5.60. The van der Waals surface area contributed by atoms with E-state index in [1.807, 2.05) is 0 Å². The minimum Gasteiger partial charge on any atom is -0.434 e.